The molecule has 1 rings (SSSR count). The van der Waals surface area contributed by atoms with Crippen molar-refractivity contribution < 1.29 is 9.90 Å². The molecule has 1 aromatic heterocycles. The summed E-state index contributed by atoms with van der Waals surface area (Å²) in [4.78, 5) is 20.5. The smallest absolute Gasteiger partial charge is 0.312 e. The van der Waals surface area contributed by atoms with Gasteiger partial charge in [-0.1, -0.05) is 0 Å². The van der Waals surface area contributed by atoms with E-state index in [0.29, 0.717) is 13.0 Å². The highest BCUT2D eigenvalue weighted by Crippen LogP contribution is 1.97. The molecular weight excluding hydrogens is 240 g/mol. The molecule has 0 aliphatic rings. The molecular formula is C8H18N8O2. The summed E-state index contributed by atoms with van der Waals surface area (Å²) in [6.07, 6.45) is 1.49. The molecule has 0 fully saturated rings. The van der Waals surface area contributed by atoms with Crippen molar-refractivity contribution in [3.05, 3.63) is 0 Å². The molecule has 0 atom stereocenters. The minimum atomic E-state index is -0.507. The Labute approximate surface area is 104 Å². The molecule has 2 amide bonds. The molecule has 0 aliphatic heterocycles. The van der Waals surface area contributed by atoms with E-state index < -0.39 is 6.03 Å². The quantitative estimate of drug-likeness (QED) is 0.335. The topological polar surface area (TPSA) is 192 Å². The van der Waals surface area contributed by atoms with Gasteiger partial charge in [-0.15, -0.1) is 0 Å². The first-order valence-corrected chi connectivity index (χ1v) is 5.12. The third-order valence-corrected chi connectivity index (χ3v) is 1.57. The van der Waals surface area contributed by atoms with Crippen LogP contribution in [0.1, 0.15) is 12.8 Å². The first kappa shape index (κ1) is 15.6. The number of nitrogen functional groups attached to an aromatic ring is 3. The number of nitrogens with zero attached hydrogens (tertiary/aromatic N) is 3. The van der Waals surface area contributed by atoms with E-state index in [9.17, 15) is 4.79 Å². The molecule has 1 aromatic rings. The molecule has 0 radical (unpaired) electrons. The number of urea groups is 1. The van der Waals surface area contributed by atoms with Gasteiger partial charge in [-0.3, -0.25) is 0 Å². The second-order valence-electron chi connectivity index (χ2n) is 3.13. The molecule has 10 N–H and O–H groups in total. The zero-order valence-corrected chi connectivity index (χ0v) is 9.83. The van der Waals surface area contributed by atoms with Gasteiger partial charge in [-0.05, 0) is 12.8 Å². The molecule has 0 saturated heterocycles. The van der Waals surface area contributed by atoms with Crippen LogP contribution in [0.3, 0.4) is 0 Å². The predicted octanol–water partition coefficient (Wildman–Crippen LogP) is -1.95. The van der Waals surface area contributed by atoms with Gasteiger partial charge < -0.3 is 33.4 Å². The van der Waals surface area contributed by atoms with Crippen LogP contribution in [0.5, 0.6) is 0 Å². The first-order valence-electron chi connectivity index (χ1n) is 5.12. The lowest BCUT2D eigenvalue weighted by atomic mass is 10.3. The lowest BCUT2D eigenvalue weighted by molar-refractivity contribution is 0.247. The van der Waals surface area contributed by atoms with E-state index in [1.54, 1.807) is 0 Å². The van der Waals surface area contributed by atoms with E-state index in [-0.39, 0.29) is 24.5 Å². The van der Waals surface area contributed by atoms with Crippen molar-refractivity contribution in [2.24, 2.45) is 5.73 Å². The van der Waals surface area contributed by atoms with Gasteiger partial charge >= 0.3 is 6.03 Å². The molecule has 102 valence electrons. The second-order valence-corrected chi connectivity index (χ2v) is 3.13. The van der Waals surface area contributed by atoms with Gasteiger partial charge in [0.25, 0.3) is 0 Å². The molecule has 10 nitrogen and oxygen atoms in total. The number of rotatable bonds is 4. The molecule has 0 saturated carbocycles. The van der Waals surface area contributed by atoms with Crippen LogP contribution in [-0.4, -0.2) is 39.2 Å². The van der Waals surface area contributed by atoms with E-state index in [4.69, 9.17) is 28.0 Å². The van der Waals surface area contributed by atoms with Crippen molar-refractivity contribution in [3.63, 3.8) is 0 Å². The summed E-state index contributed by atoms with van der Waals surface area (Å²) in [5.74, 6) is 0.125. The number of amides is 2. The number of carbonyl (C=O) groups excluding carboxylic acids is 1. The number of aliphatic hydroxyl groups excluding tert-OH is 1. The number of aliphatic hydroxyl groups is 1. The van der Waals surface area contributed by atoms with Crippen LogP contribution in [0.2, 0.25) is 0 Å². The van der Waals surface area contributed by atoms with Crippen LogP contribution in [0.4, 0.5) is 22.6 Å². The van der Waals surface area contributed by atoms with E-state index in [1.165, 1.54) is 0 Å². The Morgan fingerprint density at radius 1 is 1.06 bits per heavy atom. The number of nitrogens with two attached hydrogens (primary N) is 4. The number of hydrogen-bond donors (Lipinski definition) is 6. The molecule has 0 spiro atoms. The lowest BCUT2D eigenvalue weighted by Gasteiger charge is -1.97. The standard InChI is InChI=1S/C5H12N2O2.C3H6N6/c6-5(9)7-3-1-2-4-8;4-1-7-2(5)9-3(6)8-1/h8H,1-4H2,(H3,6,7,9);(H6,4,5,6,7,8,9). The predicted molar refractivity (Wildman–Crippen MR) is 67.0 cm³/mol. The molecule has 0 aromatic carbocycles. The summed E-state index contributed by atoms with van der Waals surface area (Å²) < 4.78 is 0. The highest BCUT2D eigenvalue weighted by atomic mass is 16.3. The van der Waals surface area contributed by atoms with Gasteiger partial charge in [0.05, 0.1) is 0 Å². The second kappa shape index (κ2) is 8.75. The van der Waals surface area contributed by atoms with E-state index in [1.807, 2.05) is 0 Å². The van der Waals surface area contributed by atoms with Crippen LogP contribution in [0.25, 0.3) is 0 Å². The Balaban J connectivity index is 0.000000321. The van der Waals surface area contributed by atoms with Crippen LogP contribution in [0, 0.1) is 0 Å². The van der Waals surface area contributed by atoms with Gasteiger partial charge in [0, 0.05) is 13.2 Å². The van der Waals surface area contributed by atoms with E-state index in [2.05, 4.69) is 20.3 Å². The maximum absolute atomic E-state index is 10.0. The Kier molecular flexibility index (Phi) is 7.61. The number of anilines is 3. The minimum absolute atomic E-state index is 0.0417. The van der Waals surface area contributed by atoms with Crippen molar-refractivity contribution in [1.82, 2.24) is 20.3 Å². The largest absolute Gasteiger partial charge is 0.396 e. The van der Waals surface area contributed by atoms with Crippen LogP contribution in [-0.2, 0) is 0 Å². The Morgan fingerprint density at radius 3 is 1.83 bits per heavy atom. The fourth-order valence-corrected chi connectivity index (χ4v) is 0.875. The number of nitrogens with one attached hydrogen (secondary N) is 1. The fraction of sp³-hybridized carbons (Fsp3) is 0.500. The van der Waals surface area contributed by atoms with Crippen molar-refractivity contribution >= 4 is 23.9 Å². The zero-order valence-electron chi connectivity index (χ0n) is 9.83. The summed E-state index contributed by atoms with van der Waals surface area (Å²) in [6, 6.07) is -0.507. The third-order valence-electron chi connectivity index (χ3n) is 1.57. The van der Waals surface area contributed by atoms with E-state index in [0.717, 1.165) is 6.42 Å². The molecule has 0 aliphatic carbocycles. The monoisotopic (exact) mass is 258 g/mol. The molecule has 0 bridgehead atoms. The number of hydrogen-bond acceptors (Lipinski definition) is 8. The summed E-state index contributed by atoms with van der Waals surface area (Å²) in [5, 5.41) is 10.7. The first-order chi connectivity index (χ1) is 8.45. The SMILES string of the molecule is NC(=O)NCCCCO.Nc1nc(N)nc(N)n1. The highest BCUT2D eigenvalue weighted by molar-refractivity contribution is 5.71. The average Bonchev–Trinajstić information content (AvgIpc) is 2.23. The van der Waals surface area contributed by atoms with Gasteiger partial charge in [0.1, 0.15) is 0 Å². The van der Waals surface area contributed by atoms with Crippen LogP contribution >= 0.6 is 0 Å². The number of aromatic nitrogens is 3. The molecule has 0 unspecified atom stereocenters. The number of primary amides is 1. The molecule has 10 heteroatoms. The maximum atomic E-state index is 10.0. The Hall–Kier alpha value is -2.36. The summed E-state index contributed by atoms with van der Waals surface area (Å²) in [6.45, 7) is 0.719. The summed E-state index contributed by atoms with van der Waals surface area (Å²) in [5.41, 5.74) is 20.2. The maximum Gasteiger partial charge on any atom is 0.312 e. The van der Waals surface area contributed by atoms with Gasteiger partial charge in [-0.2, -0.15) is 15.0 Å². The number of unbranched alkanes of at least 4 members (excludes halogenated alkanes) is 1. The van der Waals surface area contributed by atoms with Crippen molar-refractivity contribution in [2.45, 2.75) is 12.8 Å². The zero-order chi connectivity index (χ0) is 14.0. The number of carbonyl (C=O) groups is 1. The van der Waals surface area contributed by atoms with Crippen molar-refractivity contribution in [2.75, 3.05) is 30.4 Å². The fourth-order valence-electron chi connectivity index (χ4n) is 0.875. The summed E-state index contributed by atoms with van der Waals surface area (Å²) >= 11 is 0. The van der Waals surface area contributed by atoms with Gasteiger partial charge in [0.2, 0.25) is 17.8 Å². The normalized spacial score (nSPS) is 9.17. The molecule has 1 heterocycles. The Morgan fingerprint density at radius 2 is 1.50 bits per heavy atom. The van der Waals surface area contributed by atoms with Crippen LogP contribution < -0.4 is 28.3 Å². The average molecular weight is 258 g/mol. The minimum Gasteiger partial charge on any atom is -0.396 e. The van der Waals surface area contributed by atoms with Crippen LogP contribution in [0.15, 0.2) is 0 Å². The van der Waals surface area contributed by atoms with Crippen molar-refractivity contribution in [3.8, 4) is 0 Å². The Bertz CT molecular complexity index is 322. The molecule has 18 heavy (non-hydrogen) atoms. The summed E-state index contributed by atoms with van der Waals surface area (Å²) in [7, 11) is 0. The lowest BCUT2D eigenvalue weighted by Crippen LogP contribution is -2.30. The third kappa shape index (κ3) is 8.91. The van der Waals surface area contributed by atoms with E-state index >= 15 is 0 Å². The van der Waals surface area contributed by atoms with Gasteiger partial charge in [0.15, 0.2) is 0 Å². The van der Waals surface area contributed by atoms with Crippen molar-refractivity contribution in [1.29, 1.82) is 0 Å². The van der Waals surface area contributed by atoms with Gasteiger partial charge in [-0.25, -0.2) is 4.79 Å². The highest BCUT2D eigenvalue weighted by Gasteiger charge is 1.93.